The number of carbonyl (C=O) groups excluding carboxylic acids is 2. The van der Waals surface area contributed by atoms with Crippen molar-refractivity contribution in [2.45, 2.75) is 18.6 Å². The summed E-state index contributed by atoms with van der Waals surface area (Å²) in [5.41, 5.74) is 4.47. The van der Waals surface area contributed by atoms with E-state index in [1.165, 1.54) is 0 Å². The maximum Gasteiger partial charge on any atom is 0.246 e. The molecule has 2 aliphatic rings. The van der Waals surface area contributed by atoms with Crippen LogP contribution in [0.1, 0.15) is 16.5 Å². The lowest BCUT2D eigenvalue weighted by atomic mass is 9.95. The van der Waals surface area contributed by atoms with Crippen molar-refractivity contribution in [2.24, 2.45) is 5.92 Å². The molecule has 2 saturated heterocycles. The van der Waals surface area contributed by atoms with E-state index in [0.717, 1.165) is 10.4 Å². The van der Waals surface area contributed by atoms with Gasteiger partial charge < -0.3 is 0 Å². The van der Waals surface area contributed by atoms with Crippen molar-refractivity contribution in [1.29, 1.82) is 0 Å². The molecule has 1 aromatic carbocycles. The SMILES string of the molecule is O=C1NC(=O)[C@@H]2[C@@H]1[C@@H](c1cccs1)NN2Cc1ccccc1. The second-order valence-electron chi connectivity index (χ2n) is 5.56. The Morgan fingerprint density at radius 1 is 1.05 bits per heavy atom. The highest BCUT2D eigenvalue weighted by molar-refractivity contribution is 7.10. The minimum atomic E-state index is -0.445. The number of hydrogen-bond donors (Lipinski definition) is 2. The molecule has 3 heterocycles. The van der Waals surface area contributed by atoms with Gasteiger partial charge in [0.15, 0.2) is 0 Å². The summed E-state index contributed by atoms with van der Waals surface area (Å²) >= 11 is 1.60. The number of rotatable bonds is 3. The number of carbonyl (C=O) groups is 2. The molecule has 2 fully saturated rings. The number of fused-ring (bicyclic) bond motifs is 1. The van der Waals surface area contributed by atoms with Gasteiger partial charge in [-0.25, -0.2) is 10.4 Å². The average molecular weight is 313 g/mol. The van der Waals surface area contributed by atoms with Gasteiger partial charge in [0.2, 0.25) is 11.8 Å². The molecule has 0 radical (unpaired) electrons. The van der Waals surface area contributed by atoms with E-state index in [-0.39, 0.29) is 23.8 Å². The summed E-state index contributed by atoms with van der Waals surface area (Å²) in [6, 6.07) is 13.3. The molecule has 3 atom stereocenters. The zero-order chi connectivity index (χ0) is 15.1. The van der Waals surface area contributed by atoms with Crippen molar-refractivity contribution < 1.29 is 9.59 Å². The van der Waals surface area contributed by atoms with Gasteiger partial charge >= 0.3 is 0 Å². The summed E-state index contributed by atoms with van der Waals surface area (Å²) in [4.78, 5) is 25.4. The van der Waals surface area contributed by atoms with E-state index in [4.69, 9.17) is 0 Å². The van der Waals surface area contributed by atoms with Crippen LogP contribution < -0.4 is 10.7 Å². The highest BCUT2D eigenvalue weighted by atomic mass is 32.1. The molecule has 4 rings (SSSR count). The topological polar surface area (TPSA) is 61.4 Å². The van der Waals surface area contributed by atoms with E-state index in [1.807, 2.05) is 52.9 Å². The Hall–Kier alpha value is -2.02. The van der Waals surface area contributed by atoms with Gasteiger partial charge in [-0.15, -0.1) is 11.3 Å². The second-order valence-corrected chi connectivity index (χ2v) is 6.54. The first-order valence-corrected chi connectivity index (χ1v) is 8.07. The summed E-state index contributed by atoms with van der Waals surface area (Å²) in [6.07, 6.45) is 0. The monoisotopic (exact) mass is 313 g/mol. The fourth-order valence-corrected chi connectivity index (χ4v) is 4.04. The van der Waals surface area contributed by atoms with Crippen molar-refractivity contribution in [1.82, 2.24) is 15.8 Å². The van der Waals surface area contributed by atoms with Gasteiger partial charge in [-0.2, -0.15) is 0 Å². The van der Waals surface area contributed by atoms with Crippen LogP contribution in [0.3, 0.4) is 0 Å². The molecule has 5 nitrogen and oxygen atoms in total. The summed E-state index contributed by atoms with van der Waals surface area (Å²) in [5.74, 6) is -0.760. The fraction of sp³-hybridized carbons (Fsp3) is 0.250. The lowest BCUT2D eigenvalue weighted by Crippen LogP contribution is -2.43. The number of nitrogens with zero attached hydrogens (tertiary/aromatic N) is 1. The standard InChI is InChI=1S/C16H15N3O2S/c20-15-12-13(11-7-4-8-22-11)18-19(14(12)16(21)17-15)9-10-5-2-1-3-6-10/h1-8,12-14,18H,9H2,(H,17,20,21)/t12-,13+,14-/m0/s1. The van der Waals surface area contributed by atoms with Crippen LogP contribution in [0.4, 0.5) is 0 Å². The summed E-state index contributed by atoms with van der Waals surface area (Å²) in [7, 11) is 0. The second kappa shape index (κ2) is 5.31. The quantitative estimate of drug-likeness (QED) is 0.842. The molecule has 2 amide bonds. The van der Waals surface area contributed by atoms with Gasteiger partial charge in [0, 0.05) is 11.4 Å². The maximum absolute atomic E-state index is 12.2. The number of thiophene rings is 1. The summed E-state index contributed by atoms with van der Waals surface area (Å²) in [6.45, 7) is 0.588. The Kier molecular flexibility index (Phi) is 3.29. The Bertz CT molecular complexity index is 701. The highest BCUT2D eigenvalue weighted by Gasteiger charge is 2.55. The number of hydrogen-bond acceptors (Lipinski definition) is 5. The normalized spacial score (nSPS) is 27.9. The van der Waals surface area contributed by atoms with Crippen LogP contribution in [0.15, 0.2) is 47.8 Å². The van der Waals surface area contributed by atoms with Gasteiger partial charge in [0.1, 0.15) is 6.04 Å². The van der Waals surface area contributed by atoms with Crippen LogP contribution >= 0.6 is 11.3 Å². The molecule has 0 unspecified atom stereocenters. The van der Waals surface area contributed by atoms with E-state index < -0.39 is 6.04 Å². The molecule has 1 aromatic heterocycles. The van der Waals surface area contributed by atoms with Gasteiger partial charge in [0.05, 0.1) is 12.0 Å². The first-order valence-electron chi connectivity index (χ1n) is 7.19. The third kappa shape index (κ3) is 2.16. The minimum absolute atomic E-state index is 0.139. The molecular formula is C16H15N3O2S. The zero-order valence-corrected chi connectivity index (χ0v) is 12.5. The lowest BCUT2D eigenvalue weighted by Gasteiger charge is -2.21. The number of benzene rings is 1. The number of amides is 2. The maximum atomic E-state index is 12.2. The molecule has 112 valence electrons. The van der Waals surface area contributed by atoms with Crippen LogP contribution in [0.5, 0.6) is 0 Å². The van der Waals surface area contributed by atoms with E-state index in [1.54, 1.807) is 11.3 Å². The van der Waals surface area contributed by atoms with E-state index in [0.29, 0.717) is 6.54 Å². The van der Waals surface area contributed by atoms with Gasteiger partial charge in [-0.1, -0.05) is 36.4 Å². The van der Waals surface area contributed by atoms with Crippen molar-refractivity contribution >= 4 is 23.2 Å². The third-order valence-corrected chi connectivity index (χ3v) is 5.16. The molecule has 0 bridgehead atoms. The molecule has 0 saturated carbocycles. The Morgan fingerprint density at radius 2 is 1.86 bits per heavy atom. The third-order valence-electron chi connectivity index (χ3n) is 4.20. The first kappa shape index (κ1) is 13.6. The zero-order valence-electron chi connectivity index (χ0n) is 11.7. The van der Waals surface area contributed by atoms with Crippen molar-refractivity contribution in [3.8, 4) is 0 Å². The highest BCUT2D eigenvalue weighted by Crippen LogP contribution is 2.39. The number of nitrogens with one attached hydrogen (secondary N) is 2. The Labute approximate surface area is 131 Å². The van der Waals surface area contributed by atoms with Crippen molar-refractivity contribution in [3.63, 3.8) is 0 Å². The largest absolute Gasteiger partial charge is 0.295 e. The van der Waals surface area contributed by atoms with Crippen LogP contribution in [0.25, 0.3) is 0 Å². The Balaban J connectivity index is 1.65. The molecule has 22 heavy (non-hydrogen) atoms. The van der Waals surface area contributed by atoms with E-state index in [9.17, 15) is 9.59 Å². The number of imide groups is 1. The predicted molar refractivity (Wildman–Crippen MR) is 82.6 cm³/mol. The van der Waals surface area contributed by atoms with Gasteiger partial charge in [-0.3, -0.25) is 14.9 Å². The van der Waals surface area contributed by atoms with Crippen molar-refractivity contribution in [3.05, 3.63) is 58.3 Å². The molecule has 2 aliphatic heterocycles. The molecular weight excluding hydrogens is 298 g/mol. The van der Waals surface area contributed by atoms with Crippen LogP contribution in [-0.2, 0) is 16.1 Å². The van der Waals surface area contributed by atoms with Crippen LogP contribution in [0, 0.1) is 5.92 Å². The Morgan fingerprint density at radius 3 is 2.59 bits per heavy atom. The summed E-state index contributed by atoms with van der Waals surface area (Å²) < 4.78 is 0. The molecule has 0 spiro atoms. The van der Waals surface area contributed by atoms with E-state index >= 15 is 0 Å². The van der Waals surface area contributed by atoms with Gasteiger partial charge in [0.25, 0.3) is 0 Å². The molecule has 0 aliphatic carbocycles. The molecule has 6 heteroatoms. The van der Waals surface area contributed by atoms with Gasteiger partial charge in [-0.05, 0) is 17.0 Å². The van der Waals surface area contributed by atoms with Crippen molar-refractivity contribution in [2.75, 3.05) is 0 Å². The smallest absolute Gasteiger partial charge is 0.246 e. The van der Waals surface area contributed by atoms with Crippen LogP contribution in [0.2, 0.25) is 0 Å². The van der Waals surface area contributed by atoms with E-state index in [2.05, 4.69) is 10.7 Å². The molecule has 2 N–H and O–H groups in total. The lowest BCUT2D eigenvalue weighted by molar-refractivity contribution is -0.127. The first-order chi connectivity index (χ1) is 10.7. The predicted octanol–water partition coefficient (Wildman–Crippen LogP) is 1.45. The summed E-state index contributed by atoms with van der Waals surface area (Å²) in [5, 5.41) is 6.35. The number of hydrazine groups is 1. The fourth-order valence-electron chi connectivity index (χ4n) is 3.23. The average Bonchev–Trinajstić information content (AvgIpc) is 3.20. The molecule has 2 aromatic rings. The minimum Gasteiger partial charge on any atom is -0.295 e. The van der Waals surface area contributed by atoms with Crippen LogP contribution in [-0.4, -0.2) is 22.9 Å².